The van der Waals surface area contributed by atoms with Gasteiger partial charge in [-0.2, -0.15) is 0 Å². The van der Waals surface area contributed by atoms with Crippen LogP contribution >= 0.6 is 11.6 Å². The molecule has 1 N–H and O–H groups in total. The molecule has 1 amide bonds. The van der Waals surface area contributed by atoms with Gasteiger partial charge in [0.1, 0.15) is 0 Å². The van der Waals surface area contributed by atoms with Gasteiger partial charge >= 0.3 is 0 Å². The van der Waals surface area contributed by atoms with Crippen LogP contribution in [0.4, 0.5) is 0 Å². The van der Waals surface area contributed by atoms with Crippen molar-refractivity contribution >= 4 is 17.5 Å². The number of halogens is 1. The zero-order chi connectivity index (χ0) is 12.7. The molecule has 0 heterocycles. The fourth-order valence-electron chi connectivity index (χ4n) is 2.41. The average Bonchev–Trinajstić information content (AvgIpc) is 2.28. The van der Waals surface area contributed by atoms with E-state index in [0.29, 0.717) is 11.8 Å². The van der Waals surface area contributed by atoms with Crippen molar-refractivity contribution in [2.75, 3.05) is 12.4 Å². The molecular weight excluding hydrogens is 234 g/mol. The summed E-state index contributed by atoms with van der Waals surface area (Å²) in [5.74, 6) is 1.50. The highest BCUT2D eigenvalue weighted by atomic mass is 35.5. The molecule has 0 unspecified atom stereocenters. The Kier molecular flexibility index (Phi) is 6.32. The van der Waals surface area contributed by atoms with Crippen LogP contribution in [0.15, 0.2) is 0 Å². The lowest BCUT2D eigenvalue weighted by atomic mass is 9.86. The third-order valence-corrected chi connectivity index (χ3v) is 3.92. The molecule has 1 aliphatic carbocycles. The molecule has 17 heavy (non-hydrogen) atoms. The molecule has 0 spiro atoms. The maximum Gasteiger partial charge on any atom is 0.220 e. The van der Waals surface area contributed by atoms with Crippen molar-refractivity contribution in [3.63, 3.8) is 0 Å². The Morgan fingerprint density at radius 1 is 1.29 bits per heavy atom. The maximum absolute atomic E-state index is 11.8. The van der Waals surface area contributed by atoms with E-state index in [0.717, 1.165) is 19.4 Å². The Morgan fingerprint density at radius 3 is 2.53 bits per heavy atom. The molecule has 0 bridgehead atoms. The first kappa shape index (κ1) is 14.8. The molecule has 0 aromatic rings. The van der Waals surface area contributed by atoms with E-state index in [1.165, 1.54) is 32.1 Å². The van der Waals surface area contributed by atoms with Gasteiger partial charge in [-0.25, -0.2) is 0 Å². The fourth-order valence-corrected chi connectivity index (χ4v) is 2.92. The van der Waals surface area contributed by atoms with Gasteiger partial charge < -0.3 is 5.32 Å². The number of rotatable bonds is 6. The first-order valence-corrected chi connectivity index (χ1v) is 7.39. The van der Waals surface area contributed by atoms with E-state index in [1.54, 1.807) is 0 Å². The smallest absolute Gasteiger partial charge is 0.220 e. The largest absolute Gasteiger partial charge is 0.356 e. The van der Waals surface area contributed by atoms with Gasteiger partial charge in [0.2, 0.25) is 5.91 Å². The molecule has 0 radical (unpaired) electrons. The Morgan fingerprint density at radius 2 is 1.94 bits per heavy atom. The number of hydrogen-bond donors (Lipinski definition) is 1. The maximum atomic E-state index is 11.8. The summed E-state index contributed by atoms with van der Waals surface area (Å²) in [7, 11) is 0. The van der Waals surface area contributed by atoms with Crippen molar-refractivity contribution in [1.29, 1.82) is 0 Å². The van der Waals surface area contributed by atoms with E-state index < -0.39 is 0 Å². The number of hydrogen-bond acceptors (Lipinski definition) is 1. The summed E-state index contributed by atoms with van der Waals surface area (Å²) in [5, 5.41) is 3.06. The normalized spacial score (nSPS) is 18.1. The first-order chi connectivity index (χ1) is 8.03. The van der Waals surface area contributed by atoms with Crippen LogP contribution in [0.25, 0.3) is 0 Å². The van der Waals surface area contributed by atoms with E-state index in [4.69, 9.17) is 11.6 Å². The Bertz CT molecular complexity index is 234. The second kappa shape index (κ2) is 7.25. The Labute approximate surface area is 110 Å². The molecule has 0 atom stereocenters. The molecule has 100 valence electrons. The number of nitrogens with one attached hydrogen (secondary N) is 1. The van der Waals surface area contributed by atoms with Gasteiger partial charge in [-0.1, -0.05) is 33.1 Å². The SMILES string of the molecule is CC(C)(CCCl)CNC(=O)CC1CCCCC1. The van der Waals surface area contributed by atoms with Crippen molar-refractivity contribution in [3.8, 4) is 0 Å². The van der Waals surface area contributed by atoms with Gasteiger partial charge in [0.15, 0.2) is 0 Å². The standard InChI is InChI=1S/C14H26ClNO/c1-14(2,8-9-15)11-16-13(17)10-12-6-4-3-5-7-12/h12H,3-11H2,1-2H3,(H,16,17). The van der Waals surface area contributed by atoms with Crippen LogP contribution in [0.1, 0.15) is 58.8 Å². The lowest BCUT2D eigenvalue weighted by Gasteiger charge is -2.25. The van der Waals surface area contributed by atoms with E-state index in [9.17, 15) is 4.79 Å². The summed E-state index contributed by atoms with van der Waals surface area (Å²) in [6, 6.07) is 0. The minimum absolute atomic E-state index is 0.115. The van der Waals surface area contributed by atoms with E-state index in [2.05, 4.69) is 19.2 Å². The van der Waals surface area contributed by atoms with Crippen molar-refractivity contribution in [1.82, 2.24) is 5.32 Å². The van der Waals surface area contributed by atoms with Gasteiger partial charge in [0.05, 0.1) is 0 Å². The van der Waals surface area contributed by atoms with Gasteiger partial charge in [-0.15, -0.1) is 11.6 Å². The number of carbonyl (C=O) groups excluding carboxylic acids is 1. The second-order valence-electron chi connectivity index (χ2n) is 6.09. The molecule has 2 nitrogen and oxygen atoms in total. The summed E-state index contributed by atoms with van der Waals surface area (Å²) in [5.41, 5.74) is 0.115. The number of carbonyl (C=O) groups is 1. The van der Waals surface area contributed by atoms with E-state index in [1.807, 2.05) is 0 Å². The summed E-state index contributed by atoms with van der Waals surface area (Å²) in [6.07, 6.45) is 8.08. The molecule has 3 heteroatoms. The topological polar surface area (TPSA) is 29.1 Å². The molecule has 0 aromatic carbocycles. The zero-order valence-corrected chi connectivity index (χ0v) is 12.0. The van der Waals surface area contributed by atoms with Crippen LogP contribution in [0.3, 0.4) is 0 Å². The Balaban J connectivity index is 2.20. The van der Waals surface area contributed by atoms with Crippen molar-refractivity contribution in [3.05, 3.63) is 0 Å². The van der Waals surface area contributed by atoms with Gasteiger partial charge in [-0.05, 0) is 30.6 Å². The minimum Gasteiger partial charge on any atom is -0.356 e. The number of alkyl halides is 1. The second-order valence-corrected chi connectivity index (χ2v) is 6.47. The summed E-state index contributed by atoms with van der Waals surface area (Å²) < 4.78 is 0. The number of amides is 1. The lowest BCUT2D eigenvalue weighted by Crippen LogP contribution is -2.35. The van der Waals surface area contributed by atoms with Gasteiger partial charge in [0, 0.05) is 18.8 Å². The fraction of sp³-hybridized carbons (Fsp3) is 0.929. The quantitative estimate of drug-likeness (QED) is 0.724. The van der Waals surface area contributed by atoms with Crippen LogP contribution in [-0.4, -0.2) is 18.3 Å². The van der Waals surface area contributed by atoms with Crippen LogP contribution in [0.5, 0.6) is 0 Å². The molecule has 1 aliphatic rings. The predicted molar refractivity (Wildman–Crippen MR) is 73.3 cm³/mol. The van der Waals surface area contributed by atoms with Crippen molar-refractivity contribution in [2.45, 2.75) is 58.8 Å². The molecule has 1 saturated carbocycles. The average molecular weight is 260 g/mol. The molecule has 1 fully saturated rings. The van der Waals surface area contributed by atoms with Gasteiger partial charge in [-0.3, -0.25) is 4.79 Å². The van der Waals surface area contributed by atoms with Crippen molar-refractivity contribution < 1.29 is 4.79 Å². The van der Waals surface area contributed by atoms with E-state index >= 15 is 0 Å². The van der Waals surface area contributed by atoms with Crippen LogP contribution in [0.2, 0.25) is 0 Å². The van der Waals surface area contributed by atoms with E-state index in [-0.39, 0.29) is 11.3 Å². The third-order valence-electron chi connectivity index (χ3n) is 3.73. The third kappa shape index (κ3) is 6.30. The molecule has 1 rings (SSSR count). The molecular formula is C14H26ClNO. The highest BCUT2D eigenvalue weighted by molar-refractivity contribution is 6.17. The van der Waals surface area contributed by atoms with Crippen LogP contribution < -0.4 is 5.32 Å². The molecule has 0 aromatic heterocycles. The molecule has 0 saturated heterocycles. The van der Waals surface area contributed by atoms with Crippen LogP contribution in [0, 0.1) is 11.3 Å². The minimum atomic E-state index is 0.115. The summed E-state index contributed by atoms with van der Waals surface area (Å²) >= 11 is 5.74. The van der Waals surface area contributed by atoms with Crippen LogP contribution in [-0.2, 0) is 4.79 Å². The predicted octanol–water partition coefficient (Wildman–Crippen LogP) is 3.73. The zero-order valence-electron chi connectivity index (χ0n) is 11.2. The monoisotopic (exact) mass is 259 g/mol. The molecule has 0 aliphatic heterocycles. The highest BCUT2D eigenvalue weighted by Crippen LogP contribution is 2.26. The summed E-state index contributed by atoms with van der Waals surface area (Å²) in [4.78, 5) is 11.8. The van der Waals surface area contributed by atoms with Gasteiger partial charge in [0.25, 0.3) is 0 Å². The first-order valence-electron chi connectivity index (χ1n) is 6.86. The lowest BCUT2D eigenvalue weighted by molar-refractivity contribution is -0.122. The Hall–Kier alpha value is -0.240. The highest BCUT2D eigenvalue weighted by Gasteiger charge is 2.20. The summed E-state index contributed by atoms with van der Waals surface area (Å²) in [6.45, 7) is 5.04. The van der Waals surface area contributed by atoms with Crippen molar-refractivity contribution in [2.24, 2.45) is 11.3 Å².